The maximum atomic E-state index is 9.67. The summed E-state index contributed by atoms with van der Waals surface area (Å²) in [4.78, 5) is 2.59. The van der Waals surface area contributed by atoms with Crippen LogP contribution in [-0.4, -0.2) is 35.2 Å². The molecule has 0 aromatic heterocycles. The summed E-state index contributed by atoms with van der Waals surface area (Å²) in [6, 6.07) is 7.25. The van der Waals surface area contributed by atoms with Crippen molar-refractivity contribution in [1.29, 1.82) is 0 Å². The van der Waals surface area contributed by atoms with Gasteiger partial charge in [-0.2, -0.15) is 0 Å². The van der Waals surface area contributed by atoms with Crippen molar-refractivity contribution in [3.05, 3.63) is 23.8 Å². The molecule has 1 aliphatic carbocycles. The Hall–Kier alpha value is -1.22. The number of likely N-dealkylation sites (tertiary alicyclic amines) is 1. The lowest BCUT2D eigenvalue weighted by Gasteiger charge is -2.17. The fourth-order valence-electron chi connectivity index (χ4n) is 2.61. The van der Waals surface area contributed by atoms with Crippen LogP contribution in [0.3, 0.4) is 0 Å². The predicted octanol–water partition coefficient (Wildman–Crippen LogP) is 2.35. The minimum Gasteiger partial charge on any atom is -0.508 e. The normalized spacial score (nSPS) is 25.1. The average Bonchev–Trinajstić information content (AvgIpc) is 3.06. The molecule has 1 aliphatic heterocycles. The van der Waals surface area contributed by atoms with E-state index in [9.17, 15) is 5.11 Å². The fourth-order valence-corrected chi connectivity index (χ4v) is 2.61. The number of hydrogen-bond acceptors (Lipinski definition) is 3. The lowest BCUT2D eigenvalue weighted by molar-refractivity contribution is 0.326. The summed E-state index contributed by atoms with van der Waals surface area (Å²) >= 11 is 0. The van der Waals surface area contributed by atoms with Crippen LogP contribution >= 0.6 is 0 Å². The van der Waals surface area contributed by atoms with Crippen LogP contribution in [0.25, 0.3) is 0 Å². The quantitative estimate of drug-likeness (QED) is 0.839. The number of benzene rings is 1. The van der Waals surface area contributed by atoms with Crippen molar-refractivity contribution >= 4 is 5.69 Å². The molecule has 0 bridgehead atoms. The van der Waals surface area contributed by atoms with Gasteiger partial charge >= 0.3 is 0 Å². The summed E-state index contributed by atoms with van der Waals surface area (Å²) in [5.41, 5.74) is 1.97. The van der Waals surface area contributed by atoms with Crippen LogP contribution in [-0.2, 0) is 0 Å². The fraction of sp³-hybridized carbons (Fsp3) is 0.571. The maximum absolute atomic E-state index is 9.67. The van der Waals surface area contributed by atoms with Crippen molar-refractivity contribution in [1.82, 2.24) is 4.90 Å². The zero-order valence-corrected chi connectivity index (χ0v) is 10.3. The van der Waals surface area contributed by atoms with E-state index < -0.39 is 0 Å². The van der Waals surface area contributed by atoms with Crippen LogP contribution < -0.4 is 5.32 Å². The van der Waals surface area contributed by atoms with Gasteiger partial charge in [0.05, 0.1) is 0 Å². The molecule has 1 atom stereocenters. The van der Waals surface area contributed by atoms with E-state index >= 15 is 0 Å². The number of rotatable bonds is 3. The molecule has 1 aromatic rings. The van der Waals surface area contributed by atoms with E-state index in [2.05, 4.69) is 16.3 Å². The van der Waals surface area contributed by atoms with Crippen LogP contribution in [0.5, 0.6) is 5.75 Å². The molecule has 3 rings (SSSR count). The van der Waals surface area contributed by atoms with Gasteiger partial charge in [0, 0.05) is 36.9 Å². The lowest BCUT2D eigenvalue weighted by Crippen LogP contribution is -2.27. The Bertz CT molecular complexity index is 415. The Morgan fingerprint density at radius 3 is 2.82 bits per heavy atom. The van der Waals surface area contributed by atoms with Gasteiger partial charge in [-0.25, -0.2) is 0 Å². The van der Waals surface area contributed by atoms with Crippen LogP contribution in [0.4, 0.5) is 5.69 Å². The molecule has 92 valence electrons. The van der Waals surface area contributed by atoms with Gasteiger partial charge < -0.3 is 10.4 Å². The van der Waals surface area contributed by atoms with Crippen molar-refractivity contribution in [2.75, 3.05) is 18.4 Å². The van der Waals surface area contributed by atoms with Gasteiger partial charge in [-0.3, -0.25) is 4.90 Å². The number of aryl methyl sites for hydroxylation is 1. The molecule has 1 unspecified atom stereocenters. The molecule has 1 aromatic carbocycles. The first-order valence-electron chi connectivity index (χ1n) is 6.52. The number of phenols is 1. The van der Waals surface area contributed by atoms with Gasteiger partial charge in [-0.05, 0) is 37.8 Å². The Labute approximate surface area is 102 Å². The van der Waals surface area contributed by atoms with Crippen molar-refractivity contribution in [3.63, 3.8) is 0 Å². The van der Waals surface area contributed by atoms with Crippen LogP contribution in [0.1, 0.15) is 24.8 Å². The van der Waals surface area contributed by atoms with E-state index in [1.807, 2.05) is 19.1 Å². The molecule has 0 radical (unpaired) electrons. The molecule has 1 saturated carbocycles. The number of hydrogen-bond donors (Lipinski definition) is 2. The Balaban J connectivity index is 1.61. The molecular formula is C14H20N2O. The summed E-state index contributed by atoms with van der Waals surface area (Å²) in [6.45, 7) is 4.29. The van der Waals surface area contributed by atoms with E-state index in [1.165, 1.54) is 25.8 Å². The minimum absolute atomic E-state index is 0.382. The second kappa shape index (κ2) is 4.22. The molecule has 17 heavy (non-hydrogen) atoms. The highest BCUT2D eigenvalue weighted by atomic mass is 16.3. The summed E-state index contributed by atoms with van der Waals surface area (Å²) in [6.07, 6.45) is 3.99. The van der Waals surface area contributed by atoms with E-state index in [0.717, 1.165) is 23.8 Å². The van der Waals surface area contributed by atoms with E-state index in [1.54, 1.807) is 0 Å². The monoisotopic (exact) mass is 232 g/mol. The van der Waals surface area contributed by atoms with Crippen molar-refractivity contribution in [3.8, 4) is 5.75 Å². The second-order valence-electron chi connectivity index (χ2n) is 5.36. The van der Waals surface area contributed by atoms with Gasteiger partial charge in [0.1, 0.15) is 5.75 Å². The average molecular weight is 232 g/mol. The van der Waals surface area contributed by atoms with E-state index in [-0.39, 0.29) is 0 Å². The zero-order chi connectivity index (χ0) is 11.8. The highest BCUT2D eigenvalue weighted by Crippen LogP contribution is 2.31. The summed E-state index contributed by atoms with van der Waals surface area (Å²) in [5, 5.41) is 13.2. The molecule has 3 heteroatoms. The zero-order valence-electron chi connectivity index (χ0n) is 10.3. The topological polar surface area (TPSA) is 35.5 Å². The van der Waals surface area contributed by atoms with Crippen molar-refractivity contribution in [2.24, 2.45) is 0 Å². The van der Waals surface area contributed by atoms with Crippen LogP contribution in [0.15, 0.2) is 18.2 Å². The summed E-state index contributed by atoms with van der Waals surface area (Å²) in [5.74, 6) is 0.382. The standard InChI is InChI=1S/C14H20N2O/c1-10-2-3-11(8-14(10)17)15-12-6-7-16(9-12)13-4-5-13/h2-3,8,12-13,15,17H,4-7,9H2,1H3. The van der Waals surface area contributed by atoms with Crippen LogP contribution in [0, 0.1) is 6.92 Å². The molecule has 0 amide bonds. The summed E-state index contributed by atoms with van der Waals surface area (Å²) in [7, 11) is 0. The Kier molecular flexibility index (Phi) is 2.71. The third kappa shape index (κ3) is 2.39. The van der Waals surface area contributed by atoms with Gasteiger partial charge in [0.25, 0.3) is 0 Å². The number of aromatic hydroxyl groups is 1. The van der Waals surface area contributed by atoms with E-state index in [4.69, 9.17) is 0 Å². The number of phenolic OH excluding ortho intramolecular Hbond substituents is 1. The highest BCUT2D eigenvalue weighted by molar-refractivity contribution is 5.51. The third-order valence-electron chi connectivity index (χ3n) is 3.86. The molecule has 2 aliphatic rings. The first-order valence-corrected chi connectivity index (χ1v) is 6.52. The van der Waals surface area contributed by atoms with Gasteiger partial charge in [0.15, 0.2) is 0 Å². The van der Waals surface area contributed by atoms with Crippen molar-refractivity contribution in [2.45, 2.75) is 38.3 Å². The highest BCUT2D eigenvalue weighted by Gasteiger charge is 2.34. The van der Waals surface area contributed by atoms with Gasteiger partial charge in [-0.1, -0.05) is 6.07 Å². The van der Waals surface area contributed by atoms with Gasteiger partial charge in [0.2, 0.25) is 0 Å². The van der Waals surface area contributed by atoms with E-state index in [0.29, 0.717) is 11.8 Å². The molecular weight excluding hydrogens is 212 g/mol. The van der Waals surface area contributed by atoms with Gasteiger partial charge in [-0.15, -0.1) is 0 Å². The lowest BCUT2D eigenvalue weighted by atomic mass is 10.2. The molecule has 1 heterocycles. The number of nitrogens with zero attached hydrogens (tertiary/aromatic N) is 1. The first kappa shape index (κ1) is 10.9. The maximum Gasteiger partial charge on any atom is 0.120 e. The Morgan fingerprint density at radius 1 is 1.29 bits per heavy atom. The Morgan fingerprint density at radius 2 is 2.12 bits per heavy atom. The molecule has 2 N–H and O–H groups in total. The number of nitrogens with one attached hydrogen (secondary N) is 1. The number of anilines is 1. The molecule has 3 nitrogen and oxygen atoms in total. The van der Waals surface area contributed by atoms with Crippen molar-refractivity contribution < 1.29 is 5.11 Å². The predicted molar refractivity (Wildman–Crippen MR) is 69.5 cm³/mol. The summed E-state index contributed by atoms with van der Waals surface area (Å²) < 4.78 is 0. The minimum atomic E-state index is 0.382. The molecule has 0 spiro atoms. The largest absolute Gasteiger partial charge is 0.508 e. The SMILES string of the molecule is Cc1ccc(NC2CCN(C3CC3)C2)cc1O. The third-order valence-corrected chi connectivity index (χ3v) is 3.86. The first-order chi connectivity index (χ1) is 8.22. The smallest absolute Gasteiger partial charge is 0.120 e. The molecule has 1 saturated heterocycles. The molecule has 2 fully saturated rings. The van der Waals surface area contributed by atoms with Crippen LogP contribution in [0.2, 0.25) is 0 Å². The second-order valence-corrected chi connectivity index (χ2v) is 5.36.